The fourth-order valence-electron chi connectivity index (χ4n) is 1.21. The fraction of sp³-hybridized carbons (Fsp3) is 0.0909. The number of nitrogens with zero attached hydrogens (tertiary/aromatic N) is 1. The number of hydrogen-bond donors (Lipinski definition) is 2. The monoisotopic (exact) mass is 311 g/mol. The maximum Gasteiger partial charge on any atom is 0.321 e. The number of rotatable bonds is 3. The molecular formula is C11H10BrN3OS. The first-order valence-electron chi connectivity index (χ1n) is 4.93. The molecule has 6 heteroatoms. The largest absolute Gasteiger partial charge is 0.334 e. The molecule has 0 aliphatic rings. The maximum atomic E-state index is 11.5. The van der Waals surface area contributed by atoms with Crippen molar-refractivity contribution >= 4 is 38.4 Å². The van der Waals surface area contributed by atoms with Gasteiger partial charge in [0.05, 0.1) is 0 Å². The maximum absolute atomic E-state index is 11.5. The van der Waals surface area contributed by atoms with Crippen molar-refractivity contribution in [3.05, 3.63) is 45.9 Å². The highest BCUT2D eigenvalue weighted by Crippen LogP contribution is 2.11. The zero-order valence-electron chi connectivity index (χ0n) is 8.81. The van der Waals surface area contributed by atoms with Crippen LogP contribution in [-0.4, -0.2) is 11.0 Å². The zero-order chi connectivity index (χ0) is 12.1. The van der Waals surface area contributed by atoms with Crippen molar-refractivity contribution in [3.8, 4) is 0 Å². The average molecular weight is 312 g/mol. The summed E-state index contributed by atoms with van der Waals surface area (Å²) >= 11 is 4.74. The Morgan fingerprint density at radius 3 is 2.76 bits per heavy atom. The van der Waals surface area contributed by atoms with E-state index in [4.69, 9.17) is 0 Å². The van der Waals surface area contributed by atoms with E-state index in [0.29, 0.717) is 11.7 Å². The number of thiazole rings is 1. The van der Waals surface area contributed by atoms with Gasteiger partial charge >= 0.3 is 6.03 Å². The van der Waals surface area contributed by atoms with Gasteiger partial charge in [0.25, 0.3) is 0 Å². The lowest BCUT2D eigenvalue weighted by Crippen LogP contribution is -2.28. The minimum Gasteiger partial charge on any atom is -0.334 e. The van der Waals surface area contributed by atoms with Crippen molar-refractivity contribution in [2.45, 2.75) is 6.54 Å². The molecule has 2 amide bonds. The molecule has 0 aliphatic heterocycles. The molecule has 2 rings (SSSR count). The lowest BCUT2D eigenvalue weighted by atomic mass is 10.2. The van der Waals surface area contributed by atoms with Gasteiger partial charge in [-0.3, -0.25) is 5.32 Å². The highest BCUT2D eigenvalue weighted by atomic mass is 79.9. The predicted molar refractivity (Wildman–Crippen MR) is 72.1 cm³/mol. The van der Waals surface area contributed by atoms with E-state index in [0.717, 1.165) is 10.0 Å². The van der Waals surface area contributed by atoms with Crippen molar-refractivity contribution < 1.29 is 4.79 Å². The van der Waals surface area contributed by atoms with E-state index < -0.39 is 0 Å². The Morgan fingerprint density at radius 2 is 2.12 bits per heavy atom. The van der Waals surface area contributed by atoms with Crippen LogP contribution >= 0.6 is 27.3 Å². The molecule has 1 aromatic heterocycles. The van der Waals surface area contributed by atoms with E-state index in [1.807, 2.05) is 29.6 Å². The number of benzene rings is 1. The number of anilines is 1. The summed E-state index contributed by atoms with van der Waals surface area (Å²) in [5.41, 5.74) is 1.04. The summed E-state index contributed by atoms with van der Waals surface area (Å²) in [5, 5.41) is 7.82. The minimum atomic E-state index is -0.247. The molecule has 4 nitrogen and oxygen atoms in total. The van der Waals surface area contributed by atoms with E-state index in [2.05, 4.69) is 31.5 Å². The van der Waals surface area contributed by atoms with Gasteiger partial charge in [-0.05, 0) is 17.7 Å². The molecule has 0 unspecified atom stereocenters. The van der Waals surface area contributed by atoms with Crippen LogP contribution in [0.2, 0.25) is 0 Å². The minimum absolute atomic E-state index is 0.247. The van der Waals surface area contributed by atoms with Crippen LogP contribution in [0, 0.1) is 0 Å². The van der Waals surface area contributed by atoms with Crippen LogP contribution in [0.1, 0.15) is 5.56 Å². The van der Waals surface area contributed by atoms with Crippen LogP contribution in [0.5, 0.6) is 0 Å². The number of nitrogens with one attached hydrogen (secondary N) is 2. The van der Waals surface area contributed by atoms with Crippen molar-refractivity contribution in [3.63, 3.8) is 0 Å². The number of carbonyl (C=O) groups is 1. The van der Waals surface area contributed by atoms with E-state index in [9.17, 15) is 4.79 Å². The van der Waals surface area contributed by atoms with E-state index in [-0.39, 0.29) is 6.03 Å². The number of urea groups is 1. The number of carbonyl (C=O) groups excluding carboxylic acids is 1. The molecule has 1 aromatic carbocycles. The Kier molecular flexibility index (Phi) is 4.11. The molecule has 0 radical (unpaired) electrons. The molecule has 0 fully saturated rings. The Balaban J connectivity index is 1.82. The van der Waals surface area contributed by atoms with Gasteiger partial charge in [-0.15, -0.1) is 11.3 Å². The predicted octanol–water partition coefficient (Wildman–Crippen LogP) is 3.23. The van der Waals surface area contributed by atoms with Crippen LogP contribution < -0.4 is 10.6 Å². The van der Waals surface area contributed by atoms with Gasteiger partial charge in [0.1, 0.15) is 0 Å². The quantitative estimate of drug-likeness (QED) is 0.914. The third-order valence-corrected chi connectivity index (χ3v) is 3.24. The molecule has 17 heavy (non-hydrogen) atoms. The van der Waals surface area contributed by atoms with Gasteiger partial charge in [0, 0.05) is 22.6 Å². The molecule has 0 spiro atoms. The van der Waals surface area contributed by atoms with Crippen LogP contribution in [-0.2, 0) is 6.54 Å². The summed E-state index contributed by atoms with van der Waals surface area (Å²) in [6.07, 6.45) is 1.65. The molecule has 2 N–H and O–H groups in total. The molecule has 0 saturated heterocycles. The summed E-state index contributed by atoms with van der Waals surface area (Å²) < 4.78 is 1.02. The van der Waals surface area contributed by atoms with Crippen molar-refractivity contribution in [2.75, 3.05) is 5.32 Å². The Hall–Kier alpha value is -1.40. The third-order valence-electron chi connectivity index (χ3n) is 2.02. The normalized spacial score (nSPS) is 9.94. The van der Waals surface area contributed by atoms with Crippen LogP contribution in [0.3, 0.4) is 0 Å². The fourth-order valence-corrected chi connectivity index (χ4v) is 2.00. The second kappa shape index (κ2) is 5.79. The van der Waals surface area contributed by atoms with Crippen LogP contribution in [0.4, 0.5) is 9.93 Å². The summed E-state index contributed by atoms with van der Waals surface area (Å²) in [7, 11) is 0. The first-order chi connectivity index (χ1) is 8.24. The standard InChI is InChI=1S/C11H10BrN3OS/c12-9-3-1-8(2-4-9)7-14-10(16)15-11-13-5-6-17-11/h1-6H,7H2,(H2,13,14,15,16). The number of halogens is 1. The Labute approximate surface area is 111 Å². The highest BCUT2D eigenvalue weighted by Gasteiger charge is 2.02. The molecule has 0 atom stereocenters. The summed E-state index contributed by atoms with van der Waals surface area (Å²) in [5.74, 6) is 0. The lowest BCUT2D eigenvalue weighted by molar-refractivity contribution is 0.251. The molecule has 2 aromatic rings. The van der Waals surface area contributed by atoms with Crippen molar-refractivity contribution in [1.82, 2.24) is 10.3 Å². The van der Waals surface area contributed by atoms with Gasteiger partial charge in [0.2, 0.25) is 0 Å². The molecule has 0 saturated carbocycles. The van der Waals surface area contributed by atoms with Crippen LogP contribution in [0.15, 0.2) is 40.3 Å². The lowest BCUT2D eigenvalue weighted by Gasteiger charge is -2.05. The van der Waals surface area contributed by atoms with Crippen molar-refractivity contribution in [2.24, 2.45) is 0 Å². The SMILES string of the molecule is O=C(NCc1ccc(Br)cc1)Nc1nccs1. The highest BCUT2D eigenvalue weighted by molar-refractivity contribution is 9.10. The van der Waals surface area contributed by atoms with E-state index in [1.54, 1.807) is 6.20 Å². The molecule has 88 valence electrons. The zero-order valence-corrected chi connectivity index (χ0v) is 11.2. The summed E-state index contributed by atoms with van der Waals surface area (Å²) in [6.45, 7) is 0.491. The average Bonchev–Trinajstić information content (AvgIpc) is 2.81. The number of aromatic nitrogens is 1. The number of hydrogen-bond acceptors (Lipinski definition) is 3. The van der Waals surface area contributed by atoms with Gasteiger partial charge in [-0.25, -0.2) is 9.78 Å². The first kappa shape index (κ1) is 12.1. The molecular weight excluding hydrogens is 302 g/mol. The van der Waals surface area contributed by atoms with Crippen LogP contribution in [0.25, 0.3) is 0 Å². The second-order valence-electron chi connectivity index (χ2n) is 3.27. The third kappa shape index (κ3) is 3.83. The molecule has 0 aliphatic carbocycles. The summed E-state index contributed by atoms with van der Waals surface area (Å²) in [4.78, 5) is 15.4. The van der Waals surface area contributed by atoms with Crippen molar-refractivity contribution in [1.29, 1.82) is 0 Å². The van der Waals surface area contributed by atoms with Gasteiger partial charge in [-0.1, -0.05) is 28.1 Å². The second-order valence-corrected chi connectivity index (χ2v) is 5.08. The van der Waals surface area contributed by atoms with Gasteiger partial charge < -0.3 is 5.32 Å². The first-order valence-corrected chi connectivity index (χ1v) is 6.60. The Bertz CT molecular complexity index is 484. The van der Waals surface area contributed by atoms with Gasteiger partial charge in [0.15, 0.2) is 5.13 Å². The topological polar surface area (TPSA) is 54.0 Å². The van der Waals surface area contributed by atoms with E-state index in [1.165, 1.54) is 11.3 Å². The Morgan fingerprint density at radius 1 is 1.35 bits per heavy atom. The summed E-state index contributed by atoms with van der Waals surface area (Å²) in [6, 6.07) is 7.54. The number of amides is 2. The smallest absolute Gasteiger partial charge is 0.321 e. The van der Waals surface area contributed by atoms with E-state index >= 15 is 0 Å². The molecule has 0 bridgehead atoms. The molecule has 1 heterocycles. The van der Waals surface area contributed by atoms with Gasteiger partial charge in [-0.2, -0.15) is 0 Å².